The zero-order valence-electron chi connectivity index (χ0n) is 11.1. The van der Waals surface area contributed by atoms with E-state index in [1.165, 1.54) is 9.87 Å². The van der Waals surface area contributed by atoms with E-state index in [1.54, 1.807) is 7.05 Å². The largest absolute Gasteiger partial charge is 0.214 e. The molecule has 0 heterocycles. The van der Waals surface area contributed by atoms with Crippen molar-refractivity contribution in [3.8, 4) is 0 Å². The predicted octanol–water partition coefficient (Wildman–Crippen LogP) is 2.95. The summed E-state index contributed by atoms with van der Waals surface area (Å²) in [4.78, 5) is 0. The van der Waals surface area contributed by atoms with E-state index >= 15 is 0 Å². The molecular formula is C13H20ClNO2S. The lowest BCUT2D eigenvalue weighted by Crippen LogP contribution is -2.31. The van der Waals surface area contributed by atoms with Gasteiger partial charge in [-0.05, 0) is 25.8 Å². The fourth-order valence-corrected chi connectivity index (χ4v) is 3.37. The molecule has 3 nitrogen and oxygen atoms in total. The van der Waals surface area contributed by atoms with Crippen LogP contribution in [0.2, 0.25) is 0 Å². The SMILES string of the molecule is Cc1ccc(C(C)N(C)S(=O)(=O)CCCCl)cc1. The van der Waals surface area contributed by atoms with Crippen LogP contribution in [0, 0.1) is 6.92 Å². The van der Waals surface area contributed by atoms with Crippen LogP contribution in [0.4, 0.5) is 0 Å². The van der Waals surface area contributed by atoms with E-state index in [0.29, 0.717) is 12.3 Å². The maximum Gasteiger partial charge on any atom is 0.214 e. The lowest BCUT2D eigenvalue weighted by atomic mass is 10.1. The highest BCUT2D eigenvalue weighted by atomic mass is 35.5. The van der Waals surface area contributed by atoms with E-state index in [-0.39, 0.29) is 11.8 Å². The van der Waals surface area contributed by atoms with Gasteiger partial charge in [0.2, 0.25) is 10.0 Å². The zero-order chi connectivity index (χ0) is 13.8. The first-order valence-electron chi connectivity index (χ1n) is 5.96. The van der Waals surface area contributed by atoms with Crippen molar-refractivity contribution in [1.29, 1.82) is 0 Å². The number of alkyl halides is 1. The number of rotatable bonds is 6. The smallest absolute Gasteiger partial charge is 0.212 e. The minimum Gasteiger partial charge on any atom is -0.212 e. The van der Waals surface area contributed by atoms with Gasteiger partial charge in [0.05, 0.1) is 5.75 Å². The number of aryl methyl sites for hydroxylation is 1. The Hall–Kier alpha value is -0.580. The molecule has 0 aliphatic carbocycles. The molecule has 1 aromatic carbocycles. The van der Waals surface area contributed by atoms with Crippen LogP contribution in [-0.4, -0.2) is 31.4 Å². The van der Waals surface area contributed by atoms with E-state index in [4.69, 9.17) is 11.6 Å². The summed E-state index contributed by atoms with van der Waals surface area (Å²) >= 11 is 5.54. The van der Waals surface area contributed by atoms with Crippen molar-refractivity contribution in [3.63, 3.8) is 0 Å². The maximum absolute atomic E-state index is 12.0. The summed E-state index contributed by atoms with van der Waals surface area (Å²) in [7, 11) is -1.61. The number of hydrogen-bond donors (Lipinski definition) is 0. The van der Waals surface area contributed by atoms with Gasteiger partial charge in [-0.1, -0.05) is 29.8 Å². The molecule has 1 unspecified atom stereocenters. The van der Waals surface area contributed by atoms with Gasteiger partial charge in [-0.3, -0.25) is 0 Å². The molecule has 1 atom stereocenters. The van der Waals surface area contributed by atoms with E-state index in [0.717, 1.165) is 5.56 Å². The van der Waals surface area contributed by atoms with Gasteiger partial charge in [0.1, 0.15) is 0 Å². The summed E-state index contributed by atoms with van der Waals surface area (Å²) in [6, 6.07) is 7.75. The molecule has 0 amide bonds. The minimum atomic E-state index is -3.23. The first-order valence-corrected chi connectivity index (χ1v) is 8.11. The van der Waals surface area contributed by atoms with Crippen molar-refractivity contribution < 1.29 is 8.42 Å². The molecule has 0 aliphatic rings. The van der Waals surface area contributed by atoms with Crippen LogP contribution in [0.15, 0.2) is 24.3 Å². The maximum atomic E-state index is 12.0. The highest BCUT2D eigenvalue weighted by molar-refractivity contribution is 7.89. The van der Waals surface area contributed by atoms with Gasteiger partial charge in [-0.15, -0.1) is 11.6 Å². The third-order valence-electron chi connectivity index (χ3n) is 3.08. The average molecular weight is 290 g/mol. The van der Waals surface area contributed by atoms with E-state index in [1.807, 2.05) is 38.1 Å². The Labute approximate surface area is 115 Å². The number of benzene rings is 1. The molecule has 0 N–H and O–H groups in total. The van der Waals surface area contributed by atoms with E-state index in [2.05, 4.69) is 0 Å². The summed E-state index contributed by atoms with van der Waals surface area (Å²) in [6.07, 6.45) is 0.481. The van der Waals surface area contributed by atoms with Gasteiger partial charge in [-0.2, -0.15) is 4.31 Å². The molecule has 0 bridgehead atoms. The van der Waals surface area contributed by atoms with Crippen molar-refractivity contribution in [2.24, 2.45) is 0 Å². The van der Waals surface area contributed by atoms with Crippen LogP contribution in [0.3, 0.4) is 0 Å². The Balaban J connectivity index is 2.83. The second-order valence-corrected chi connectivity index (χ2v) is 6.99. The van der Waals surface area contributed by atoms with Gasteiger partial charge in [0.25, 0.3) is 0 Å². The fourth-order valence-electron chi connectivity index (χ4n) is 1.68. The molecule has 102 valence electrons. The van der Waals surface area contributed by atoms with Crippen molar-refractivity contribution in [2.75, 3.05) is 18.7 Å². The van der Waals surface area contributed by atoms with Crippen LogP contribution in [-0.2, 0) is 10.0 Å². The van der Waals surface area contributed by atoms with Gasteiger partial charge in [-0.25, -0.2) is 8.42 Å². The molecule has 0 aromatic heterocycles. The lowest BCUT2D eigenvalue weighted by Gasteiger charge is -2.24. The average Bonchev–Trinajstić information content (AvgIpc) is 2.35. The fraction of sp³-hybridized carbons (Fsp3) is 0.538. The highest BCUT2D eigenvalue weighted by Crippen LogP contribution is 2.22. The molecule has 0 spiro atoms. The monoisotopic (exact) mass is 289 g/mol. The third-order valence-corrected chi connectivity index (χ3v) is 5.35. The van der Waals surface area contributed by atoms with E-state index in [9.17, 15) is 8.42 Å². The van der Waals surface area contributed by atoms with Crippen LogP contribution < -0.4 is 0 Å². The molecule has 0 fully saturated rings. The first-order chi connectivity index (χ1) is 8.38. The van der Waals surface area contributed by atoms with Gasteiger partial charge >= 0.3 is 0 Å². The Morgan fingerprint density at radius 2 is 1.83 bits per heavy atom. The Morgan fingerprint density at radius 3 is 2.33 bits per heavy atom. The predicted molar refractivity (Wildman–Crippen MR) is 76.5 cm³/mol. The van der Waals surface area contributed by atoms with Gasteiger partial charge < -0.3 is 0 Å². The number of sulfonamides is 1. The van der Waals surface area contributed by atoms with Crippen LogP contribution in [0.25, 0.3) is 0 Å². The van der Waals surface area contributed by atoms with E-state index < -0.39 is 10.0 Å². The normalized spacial score (nSPS) is 13.8. The minimum absolute atomic E-state index is 0.100. The second kappa shape index (κ2) is 6.55. The highest BCUT2D eigenvalue weighted by Gasteiger charge is 2.23. The molecule has 18 heavy (non-hydrogen) atoms. The number of nitrogens with zero attached hydrogens (tertiary/aromatic N) is 1. The van der Waals surface area contributed by atoms with Crippen LogP contribution >= 0.6 is 11.6 Å². The lowest BCUT2D eigenvalue weighted by molar-refractivity contribution is 0.398. The van der Waals surface area contributed by atoms with Gasteiger partial charge in [0, 0.05) is 19.0 Å². The summed E-state index contributed by atoms with van der Waals surface area (Å²) < 4.78 is 25.5. The summed E-state index contributed by atoms with van der Waals surface area (Å²) in [6.45, 7) is 3.90. The van der Waals surface area contributed by atoms with Crippen molar-refractivity contribution in [3.05, 3.63) is 35.4 Å². The Bertz CT molecular complexity index is 470. The second-order valence-electron chi connectivity index (χ2n) is 4.46. The first kappa shape index (κ1) is 15.5. The molecule has 1 aromatic rings. The summed E-state index contributed by atoms with van der Waals surface area (Å²) in [5.41, 5.74) is 2.16. The van der Waals surface area contributed by atoms with Crippen molar-refractivity contribution in [2.45, 2.75) is 26.3 Å². The molecule has 0 radical (unpaired) electrons. The van der Waals surface area contributed by atoms with Crippen molar-refractivity contribution >= 4 is 21.6 Å². The zero-order valence-corrected chi connectivity index (χ0v) is 12.6. The van der Waals surface area contributed by atoms with Gasteiger partial charge in [0.15, 0.2) is 0 Å². The number of halogens is 1. The standard InChI is InChI=1S/C13H20ClNO2S/c1-11-5-7-13(8-6-11)12(2)15(3)18(16,17)10-4-9-14/h5-8,12H,4,9-10H2,1-3H3. The summed E-state index contributed by atoms with van der Waals surface area (Å²) in [5.74, 6) is 0.467. The van der Waals surface area contributed by atoms with Crippen LogP contribution in [0.5, 0.6) is 0 Å². The molecule has 1 rings (SSSR count). The Morgan fingerprint density at radius 1 is 1.28 bits per heavy atom. The Kier molecular flexibility index (Phi) is 5.63. The molecule has 0 saturated carbocycles. The third kappa shape index (κ3) is 3.97. The number of hydrogen-bond acceptors (Lipinski definition) is 2. The van der Waals surface area contributed by atoms with Crippen LogP contribution in [0.1, 0.15) is 30.5 Å². The topological polar surface area (TPSA) is 37.4 Å². The molecule has 5 heteroatoms. The molecular weight excluding hydrogens is 270 g/mol. The molecule has 0 aliphatic heterocycles. The summed E-state index contributed by atoms with van der Waals surface area (Å²) in [5, 5.41) is 0. The molecule has 0 saturated heterocycles. The van der Waals surface area contributed by atoms with Crippen molar-refractivity contribution in [1.82, 2.24) is 4.31 Å². The quantitative estimate of drug-likeness (QED) is 0.755.